The molecule has 2 aliphatic heterocycles. The third kappa shape index (κ3) is 3.91. The monoisotopic (exact) mass is 446 g/mol. The minimum absolute atomic E-state index is 0.0145. The van der Waals surface area contributed by atoms with Crippen LogP contribution in [0.2, 0.25) is 0 Å². The van der Waals surface area contributed by atoms with Gasteiger partial charge in [0.1, 0.15) is 5.75 Å². The van der Waals surface area contributed by atoms with Crippen LogP contribution in [-0.4, -0.2) is 33.2 Å². The van der Waals surface area contributed by atoms with Gasteiger partial charge >= 0.3 is 0 Å². The van der Waals surface area contributed by atoms with Gasteiger partial charge in [-0.05, 0) is 47.2 Å². The van der Waals surface area contributed by atoms with Crippen LogP contribution >= 0.6 is 0 Å². The van der Waals surface area contributed by atoms with Crippen molar-refractivity contribution in [3.8, 4) is 5.75 Å². The first kappa shape index (κ1) is 22.0. The number of allylic oxidation sites excluding steroid dienone is 2. The van der Waals surface area contributed by atoms with E-state index >= 15 is 0 Å². The quantitative estimate of drug-likeness (QED) is 0.662. The molecule has 0 saturated carbocycles. The highest BCUT2D eigenvalue weighted by Gasteiger charge is 2.51. The molecule has 0 spiro atoms. The summed E-state index contributed by atoms with van der Waals surface area (Å²) in [6, 6.07) is 17.0. The molecule has 2 aromatic carbocycles. The fourth-order valence-electron chi connectivity index (χ4n) is 5.77. The van der Waals surface area contributed by atoms with E-state index in [0.717, 1.165) is 29.1 Å². The van der Waals surface area contributed by atoms with Gasteiger partial charge < -0.3 is 15.0 Å². The van der Waals surface area contributed by atoms with Crippen LogP contribution in [0, 0.1) is 11.3 Å². The number of ether oxygens (including phenoxy) is 1. The second kappa shape index (κ2) is 8.19. The summed E-state index contributed by atoms with van der Waals surface area (Å²) >= 11 is 0. The van der Waals surface area contributed by atoms with Crippen molar-refractivity contribution in [2.75, 3.05) is 26.1 Å². The number of ketones is 1. The zero-order chi connectivity index (χ0) is 23.3. The van der Waals surface area contributed by atoms with Crippen LogP contribution in [0.4, 0.5) is 5.69 Å². The van der Waals surface area contributed by atoms with Crippen molar-refractivity contribution < 1.29 is 9.53 Å². The molecule has 4 unspecified atom stereocenters. The number of Topliss-reactive ketones (excluding diaryl/α,β-unsaturated/α-hetero) is 1. The van der Waals surface area contributed by atoms with Gasteiger partial charge in [-0.15, -0.1) is 0 Å². The Kier molecular flexibility index (Phi) is 5.46. The summed E-state index contributed by atoms with van der Waals surface area (Å²) in [5, 5.41) is 3.71. The van der Waals surface area contributed by atoms with Crippen LogP contribution in [0.1, 0.15) is 49.8 Å². The van der Waals surface area contributed by atoms with Gasteiger partial charge in [-0.1, -0.05) is 38.1 Å². The number of hydrazine groups is 1. The Morgan fingerprint density at radius 2 is 1.61 bits per heavy atom. The molecule has 5 rings (SSSR count). The van der Waals surface area contributed by atoms with E-state index in [1.807, 2.05) is 26.2 Å². The highest BCUT2D eigenvalue weighted by Crippen LogP contribution is 2.51. The first-order valence-electron chi connectivity index (χ1n) is 11.7. The van der Waals surface area contributed by atoms with E-state index in [1.165, 1.54) is 11.1 Å². The number of carbonyl (C=O) groups is 1. The fourth-order valence-corrected chi connectivity index (χ4v) is 5.77. The molecule has 0 bridgehead atoms. The summed E-state index contributed by atoms with van der Waals surface area (Å²) in [6.45, 7) is 4.37. The van der Waals surface area contributed by atoms with Crippen molar-refractivity contribution in [1.82, 2.24) is 16.2 Å². The topological polar surface area (TPSA) is 65.6 Å². The molecule has 6 nitrogen and oxygen atoms in total. The number of hydrogen-bond donors (Lipinski definition) is 3. The zero-order valence-corrected chi connectivity index (χ0v) is 20.1. The number of benzene rings is 2. The lowest BCUT2D eigenvalue weighted by Gasteiger charge is -2.44. The summed E-state index contributed by atoms with van der Waals surface area (Å²) in [5.74, 6) is 1.27. The molecule has 4 atom stereocenters. The summed E-state index contributed by atoms with van der Waals surface area (Å²) in [5.41, 5.74) is 12.6. The lowest BCUT2D eigenvalue weighted by molar-refractivity contribution is -0.118. The van der Waals surface area contributed by atoms with Gasteiger partial charge in [0.25, 0.3) is 0 Å². The smallest absolute Gasteiger partial charge is 0.161 e. The molecule has 0 amide bonds. The Labute approximate surface area is 196 Å². The van der Waals surface area contributed by atoms with Gasteiger partial charge in [-0.25, -0.2) is 10.9 Å². The minimum Gasteiger partial charge on any atom is -0.497 e. The molecule has 1 fully saturated rings. The zero-order valence-electron chi connectivity index (χ0n) is 20.1. The lowest BCUT2D eigenvalue weighted by atomic mass is 9.65. The second-order valence-electron chi connectivity index (χ2n) is 10.5. The van der Waals surface area contributed by atoms with Gasteiger partial charge in [0, 0.05) is 49.3 Å². The molecule has 33 heavy (non-hydrogen) atoms. The molecule has 0 aromatic heterocycles. The highest BCUT2D eigenvalue weighted by molar-refractivity contribution is 5.99. The second-order valence-corrected chi connectivity index (χ2v) is 10.5. The number of anilines is 1. The third-order valence-electron chi connectivity index (χ3n) is 7.35. The van der Waals surface area contributed by atoms with Crippen molar-refractivity contribution in [3.05, 3.63) is 70.9 Å². The number of methoxy groups -OCH3 is 1. The summed E-state index contributed by atoms with van der Waals surface area (Å²) < 4.78 is 5.36. The van der Waals surface area contributed by atoms with E-state index in [4.69, 9.17) is 4.74 Å². The molecule has 1 saturated heterocycles. The molecule has 6 heteroatoms. The van der Waals surface area contributed by atoms with Crippen LogP contribution in [-0.2, 0) is 4.79 Å². The Morgan fingerprint density at radius 1 is 0.939 bits per heavy atom. The normalized spacial score (nSPS) is 28.1. The highest BCUT2D eigenvalue weighted by atomic mass is 16.5. The van der Waals surface area contributed by atoms with E-state index < -0.39 is 0 Å². The Balaban J connectivity index is 1.60. The van der Waals surface area contributed by atoms with Gasteiger partial charge in [0.15, 0.2) is 5.78 Å². The summed E-state index contributed by atoms with van der Waals surface area (Å²) in [6.07, 6.45) is 1.51. The number of fused-ring (bicyclic) bond motifs is 1. The molecule has 174 valence electrons. The average Bonchev–Trinajstić information content (AvgIpc) is 3.20. The average molecular weight is 447 g/mol. The maximum Gasteiger partial charge on any atom is 0.161 e. The standard InChI is InChI=1S/C27H34N4O2/c1-27(2)14-20-23(21(32)15-27)22(16-6-10-18(11-7-16)31(3)4)24-25(29-30-26(24)28-20)17-8-12-19(33-5)13-9-17/h6-13,22,24-26,28-30H,14-15H2,1-5H3. The van der Waals surface area contributed by atoms with Crippen molar-refractivity contribution >= 4 is 11.5 Å². The lowest BCUT2D eigenvalue weighted by Crippen LogP contribution is -2.51. The van der Waals surface area contributed by atoms with E-state index in [2.05, 4.69) is 71.3 Å². The van der Waals surface area contributed by atoms with Gasteiger partial charge in [0.05, 0.1) is 19.3 Å². The number of carbonyl (C=O) groups excluding carboxylic acids is 1. The molecule has 2 heterocycles. The molecular weight excluding hydrogens is 412 g/mol. The molecule has 3 aliphatic rings. The van der Waals surface area contributed by atoms with Crippen molar-refractivity contribution in [2.24, 2.45) is 11.3 Å². The summed E-state index contributed by atoms with van der Waals surface area (Å²) in [7, 11) is 5.78. The summed E-state index contributed by atoms with van der Waals surface area (Å²) in [4.78, 5) is 15.7. The number of hydrogen-bond acceptors (Lipinski definition) is 6. The Morgan fingerprint density at radius 3 is 2.24 bits per heavy atom. The SMILES string of the molecule is COc1ccc(C2NNC3NC4=C(C(=O)CC(C)(C)C4)C(c4ccc(N(C)C)cc4)C32)cc1. The molecule has 0 radical (unpaired) electrons. The molecule has 3 N–H and O–H groups in total. The number of nitrogens with zero attached hydrogens (tertiary/aromatic N) is 1. The largest absolute Gasteiger partial charge is 0.497 e. The van der Waals surface area contributed by atoms with Crippen molar-refractivity contribution in [3.63, 3.8) is 0 Å². The Hall–Kier alpha value is -2.83. The number of rotatable bonds is 4. The molecule has 1 aliphatic carbocycles. The van der Waals surface area contributed by atoms with Crippen LogP contribution < -0.4 is 25.8 Å². The van der Waals surface area contributed by atoms with E-state index in [0.29, 0.717) is 6.42 Å². The van der Waals surface area contributed by atoms with Gasteiger partial charge in [-0.3, -0.25) is 4.79 Å². The van der Waals surface area contributed by atoms with Crippen LogP contribution in [0.3, 0.4) is 0 Å². The fraction of sp³-hybridized carbons (Fsp3) is 0.444. The van der Waals surface area contributed by atoms with E-state index in [1.54, 1.807) is 7.11 Å². The third-order valence-corrected chi connectivity index (χ3v) is 7.35. The van der Waals surface area contributed by atoms with Crippen LogP contribution in [0.5, 0.6) is 5.75 Å². The number of nitrogens with one attached hydrogen (secondary N) is 3. The van der Waals surface area contributed by atoms with E-state index in [-0.39, 0.29) is 35.2 Å². The van der Waals surface area contributed by atoms with E-state index in [9.17, 15) is 4.79 Å². The van der Waals surface area contributed by atoms with Crippen LogP contribution in [0.15, 0.2) is 59.8 Å². The first-order valence-corrected chi connectivity index (χ1v) is 11.7. The molecule has 2 aromatic rings. The first-order chi connectivity index (χ1) is 15.8. The van der Waals surface area contributed by atoms with Gasteiger partial charge in [-0.2, -0.15) is 0 Å². The minimum atomic E-state index is -0.0312. The maximum atomic E-state index is 13.6. The predicted molar refractivity (Wildman–Crippen MR) is 131 cm³/mol. The predicted octanol–water partition coefficient (Wildman–Crippen LogP) is 3.88. The Bertz CT molecular complexity index is 1070. The van der Waals surface area contributed by atoms with Crippen molar-refractivity contribution in [2.45, 2.75) is 44.8 Å². The molecular formula is C27H34N4O2. The van der Waals surface area contributed by atoms with Crippen LogP contribution in [0.25, 0.3) is 0 Å². The van der Waals surface area contributed by atoms with Crippen molar-refractivity contribution in [1.29, 1.82) is 0 Å². The van der Waals surface area contributed by atoms with Gasteiger partial charge in [0.2, 0.25) is 0 Å². The maximum absolute atomic E-state index is 13.6.